The van der Waals surface area contributed by atoms with Crippen molar-refractivity contribution in [1.29, 1.82) is 0 Å². The third-order valence-corrected chi connectivity index (χ3v) is 10.2. The Balaban J connectivity index is 2.22. The van der Waals surface area contributed by atoms with Crippen molar-refractivity contribution < 1.29 is 28.6 Å². The van der Waals surface area contributed by atoms with Gasteiger partial charge >= 0.3 is 5.97 Å². The summed E-state index contributed by atoms with van der Waals surface area (Å²) >= 11 is 5.82. The van der Waals surface area contributed by atoms with E-state index in [4.69, 9.17) is 26.4 Å². The maximum atomic E-state index is 14.0. The maximum Gasteiger partial charge on any atom is 0.328 e. The molecule has 2 amide bonds. The number of likely N-dealkylation sites (N-methyl/N-ethyl adjacent to an activating group) is 1. The second kappa shape index (κ2) is 18.6. The molecule has 1 aliphatic rings. The predicted octanol–water partition coefficient (Wildman–Crippen LogP) is 4.90. The van der Waals surface area contributed by atoms with Gasteiger partial charge < -0.3 is 29.3 Å². The molecule has 0 saturated carbocycles. The number of hydrogen-bond donors (Lipinski definition) is 1. The topological polar surface area (TPSA) is 97.4 Å². The highest BCUT2D eigenvalue weighted by Gasteiger charge is 2.42. The molecule has 1 fully saturated rings. The highest BCUT2D eigenvalue weighted by molar-refractivity contribution is 7.80. The molecule has 254 valence electrons. The van der Waals surface area contributed by atoms with E-state index in [0.29, 0.717) is 18.0 Å². The van der Waals surface area contributed by atoms with Gasteiger partial charge in [0.25, 0.3) is 0 Å². The molecule has 10 heteroatoms. The van der Waals surface area contributed by atoms with Gasteiger partial charge in [0.2, 0.25) is 11.8 Å². The molecule has 0 aromatic heterocycles. The van der Waals surface area contributed by atoms with E-state index >= 15 is 0 Å². The van der Waals surface area contributed by atoms with Crippen molar-refractivity contribution in [1.82, 2.24) is 15.1 Å². The first-order chi connectivity index (χ1) is 21.3. The lowest BCUT2D eigenvalue weighted by molar-refractivity contribution is -0.147. The number of methoxy groups -OCH3 is 3. The summed E-state index contributed by atoms with van der Waals surface area (Å²) in [6, 6.07) is 8.62. The summed E-state index contributed by atoms with van der Waals surface area (Å²) in [5.74, 6) is -0.424. The van der Waals surface area contributed by atoms with Gasteiger partial charge in [0.1, 0.15) is 6.04 Å². The van der Waals surface area contributed by atoms with Crippen molar-refractivity contribution in [2.45, 2.75) is 104 Å². The number of esters is 1. The highest BCUT2D eigenvalue weighted by Crippen LogP contribution is 2.30. The Morgan fingerprint density at radius 1 is 1.02 bits per heavy atom. The molecule has 0 unspecified atom stereocenters. The lowest BCUT2D eigenvalue weighted by Gasteiger charge is -2.40. The molecule has 0 radical (unpaired) electrons. The smallest absolute Gasteiger partial charge is 0.328 e. The number of carbonyl (C=O) groups is 3. The van der Waals surface area contributed by atoms with Gasteiger partial charge in [-0.3, -0.25) is 9.59 Å². The molecule has 1 N–H and O–H groups in total. The van der Waals surface area contributed by atoms with Crippen LogP contribution in [0.15, 0.2) is 30.3 Å². The zero-order valence-corrected chi connectivity index (χ0v) is 29.9. The van der Waals surface area contributed by atoms with Crippen LogP contribution in [0.5, 0.6) is 0 Å². The van der Waals surface area contributed by atoms with Gasteiger partial charge in [-0.05, 0) is 30.2 Å². The van der Waals surface area contributed by atoms with Gasteiger partial charge in [0.05, 0.1) is 42.8 Å². The number of amides is 2. The maximum absolute atomic E-state index is 14.0. The zero-order chi connectivity index (χ0) is 33.8. The minimum Gasteiger partial charge on any atom is -0.467 e. The SMILES string of the molecule is CC[C@H](C)[C@@H]([C@@H](CC(=O)N1CCC[C@H]1[C@H](OC)[C@@H](C)C(=S)N[C@@H](Cc1ccccc1)C(=O)OC)OC)N(C)C(=O)[C@@H](C)C(C)C. The fourth-order valence-electron chi connectivity index (χ4n) is 6.40. The standard InChI is InChI=1S/C35H57N3O6S/c1-11-23(4)31(37(7)34(40)24(5)22(2)3)29(42-8)21-30(39)38-19-15-18-28(38)32(43-9)25(6)33(45)36-27(35(41)44-10)20-26-16-13-12-14-17-26/h12-14,16-17,22-25,27-29,31-32H,11,15,18-21H2,1-10H3,(H,36,45)/t23-,24-,25+,27-,28-,29+,31-,32+/m0/s1. The number of likely N-dealkylation sites (tertiary alicyclic amines) is 1. The van der Waals surface area contributed by atoms with Crippen LogP contribution in [0, 0.1) is 23.7 Å². The molecule has 1 aromatic rings. The first-order valence-electron chi connectivity index (χ1n) is 16.4. The Labute approximate surface area is 276 Å². The van der Waals surface area contributed by atoms with Crippen molar-refractivity contribution >= 4 is 35.0 Å². The van der Waals surface area contributed by atoms with Gasteiger partial charge in [0.15, 0.2) is 0 Å². The van der Waals surface area contributed by atoms with Gasteiger partial charge in [-0.25, -0.2) is 4.79 Å². The number of nitrogens with one attached hydrogen (secondary N) is 1. The molecule has 45 heavy (non-hydrogen) atoms. The molecule has 0 bridgehead atoms. The second-order valence-electron chi connectivity index (χ2n) is 12.9. The van der Waals surface area contributed by atoms with Crippen LogP contribution in [-0.2, 0) is 35.0 Å². The molecular weight excluding hydrogens is 590 g/mol. The molecule has 1 heterocycles. The van der Waals surface area contributed by atoms with Crippen LogP contribution in [0.4, 0.5) is 0 Å². The number of carbonyl (C=O) groups excluding carboxylic acids is 3. The van der Waals surface area contributed by atoms with Crippen LogP contribution < -0.4 is 5.32 Å². The number of ether oxygens (including phenoxy) is 3. The number of benzene rings is 1. The third kappa shape index (κ3) is 10.2. The second-order valence-corrected chi connectivity index (χ2v) is 13.3. The predicted molar refractivity (Wildman–Crippen MR) is 182 cm³/mol. The van der Waals surface area contributed by atoms with E-state index in [-0.39, 0.29) is 60.1 Å². The quantitative estimate of drug-likeness (QED) is 0.189. The molecular formula is C35H57N3O6S. The van der Waals surface area contributed by atoms with Gasteiger partial charge in [-0.15, -0.1) is 0 Å². The van der Waals surface area contributed by atoms with Crippen molar-refractivity contribution in [2.24, 2.45) is 23.7 Å². The summed E-state index contributed by atoms with van der Waals surface area (Å²) < 4.78 is 17.0. The third-order valence-electron chi connectivity index (χ3n) is 9.73. The summed E-state index contributed by atoms with van der Waals surface area (Å²) in [4.78, 5) is 44.2. The largest absolute Gasteiger partial charge is 0.467 e. The highest BCUT2D eigenvalue weighted by atomic mass is 32.1. The van der Waals surface area contributed by atoms with Crippen LogP contribution in [0.2, 0.25) is 0 Å². The van der Waals surface area contributed by atoms with E-state index in [2.05, 4.69) is 19.2 Å². The number of hydrogen-bond acceptors (Lipinski definition) is 7. The van der Waals surface area contributed by atoms with E-state index in [1.54, 1.807) is 19.1 Å². The van der Waals surface area contributed by atoms with Crippen LogP contribution in [0.25, 0.3) is 0 Å². The molecule has 1 saturated heterocycles. The van der Waals surface area contributed by atoms with E-state index in [1.807, 2.05) is 70.0 Å². The summed E-state index contributed by atoms with van der Waals surface area (Å²) in [5.41, 5.74) is 0.987. The minimum atomic E-state index is -0.649. The molecule has 1 aromatic carbocycles. The van der Waals surface area contributed by atoms with E-state index in [1.165, 1.54) is 7.11 Å². The monoisotopic (exact) mass is 647 g/mol. The van der Waals surface area contributed by atoms with E-state index in [0.717, 1.165) is 24.8 Å². The van der Waals surface area contributed by atoms with Gasteiger partial charge in [-0.1, -0.05) is 90.5 Å². The minimum absolute atomic E-state index is 0.0277. The van der Waals surface area contributed by atoms with Crippen molar-refractivity contribution in [3.05, 3.63) is 35.9 Å². The van der Waals surface area contributed by atoms with Gasteiger partial charge in [-0.2, -0.15) is 0 Å². The Morgan fingerprint density at radius 3 is 2.20 bits per heavy atom. The summed E-state index contributed by atoms with van der Waals surface area (Å²) in [6.45, 7) is 12.8. The number of nitrogens with zero attached hydrogens (tertiary/aromatic N) is 2. The van der Waals surface area contributed by atoms with Crippen LogP contribution in [0.1, 0.15) is 72.8 Å². The van der Waals surface area contributed by atoms with Gasteiger partial charge in [0, 0.05) is 46.1 Å². The normalized spacial score (nSPS) is 19.6. The molecule has 8 atom stereocenters. The molecule has 0 aliphatic carbocycles. The van der Waals surface area contributed by atoms with Crippen molar-refractivity contribution in [3.8, 4) is 0 Å². The zero-order valence-electron chi connectivity index (χ0n) is 29.1. The van der Waals surface area contributed by atoms with Crippen molar-refractivity contribution in [3.63, 3.8) is 0 Å². The average Bonchev–Trinajstić information content (AvgIpc) is 3.52. The Morgan fingerprint density at radius 2 is 1.67 bits per heavy atom. The van der Waals surface area contributed by atoms with Crippen LogP contribution >= 0.6 is 12.2 Å². The fraction of sp³-hybridized carbons (Fsp3) is 0.714. The summed E-state index contributed by atoms with van der Waals surface area (Å²) in [7, 11) is 6.46. The van der Waals surface area contributed by atoms with Crippen LogP contribution in [-0.4, -0.2) is 97.8 Å². The average molecular weight is 648 g/mol. The molecule has 9 nitrogen and oxygen atoms in total. The van der Waals surface area contributed by atoms with E-state index < -0.39 is 18.1 Å². The number of rotatable bonds is 17. The Kier molecular flexibility index (Phi) is 15.9. The molecule has 2 rings (SSSR count). The lowest BCUT2D eigenvalue weighted by Crippen LogP contribution is -2.54. The molecule has 1 aliphatic heterocycles. The molecule has 0 spiro atoms. The summed E-state index contributed by atoms with van der Waals surface area (Å²) in [5, 5.41) is 3.23. The van der Waals surface area contributed by atoms with Crippen LogP contribution in [0.3, 0.4) is 0 Å². The Bertz CT molecular complexity index is 1100. The first-order valence-corrected chi connectivity index (χ1v) is 16.8. The summed E-state index contributed by atoms with van der Waals surface area (Å²) in [6.07, 6.45) is 2.22. The van der Waals surface area contributed by atoms with E-state index in [9.17, 15) is 14.4 Å². The lowest BCUT2D eigenvalue weighted by atomic mass is 9.88. The Hall–Kier alpha value is -2.56. The number of thiocarbonyl (C=S) groups is 1. The van der Waals surface area contributed by atoms with Crippen molar-refractivity contribution in [2.75, 3.05) is 34.9 Å². The first kappa shape index (κ1) is 38.6. The fourth-order valence-corrected chi connectivity index (χ4v) is 6.68.